The van der Waals surface area contributed by atoms with E-state index in [0.29, 0.717) is 0 Å². The minimum absolute atomic E-state index is 0.207. The van der Waals surface area contributed by atoms with E-state index in [9.17, 15) is 0 Å². The number of rotatable bonds is 6. The average molecular weight is 532 g/mol. The first-order valence-electron chi connectivity index (χ1n) is 11.5. The Morgan fingerprint density at radius 2 is 1.53 bits per heavy atom. The fourth-order valence-corrected chi connectivity index (χ4v) is 8.53. The van der Waals surface area contributed by atoms with Crippen LogP contribution in [0.1, 0.15) is 24.8 Å². The molecular weight excluding hydrogens is 497 g/mol. The lowest BCUT2D eigenvalue weighted by Gasteiger charge is -2.34. The monoisotopic (exact) mass is 531 g/mol. The van der Waals surface area contributed by atoms with Crippen molar-refractivity contribution in [2.24, 2.45) is 0 Å². The van der Waals surface area contributed by atoms with Gasteiger partial charge >= 0.3 is 0 Å². The summed E-state index contributed by atoms with van der Waals surface area (Å²) in [6.45, 7) is 13.6. The zero-order valence-corrected chi connectivity index (χ0v) is 21.8. The first-order valence-corrected chi connectivity index (χ1v) is 17.3. The molecule has 3 heterocycles. The van der Waals surface area contributed by atoms with E-state index in [2.05, 4.69) is 75.0 Å². The summed E-state index contributed by atoms with van der Waals surface area (Å²) in [4.78, 5) is 5.05. The molecule has 160 valence electrons. The van der Waals surface area contributed by atoms with Gasteiger partial charge in [-0.15, -0.1) is 0 Å². The molecule has 2 fully saturated rings. The lowest BCUT2D eigenvalue weighted by atomic mass is 10.1. The van der Waals surface area contributed by atoms with E-state index in [1.54, 1.807) is 3.15 Å². The molecule has 3 aliphatic heterocycles. The first kappa shape index (κ1) is 20.6. The van der Waals surface area contributed by atoms with Crippen molar-refractivity contribution >= 4 is 52.2 Å². The zero-order valence-electron chi connectivity index (χ0n) is 18.6. The number of anilines is 3. The Kier molecular flexibility index (Phi) is 5.69. The molecule has 2 saturated heterocycles. The number of benzene rings is 2. The maximum absolute atomic E-state index is 2.78. The largest absolute Gasteiger partial charge is 0.371 e. The van der Waals surface area contributed by atoms with Gasteiger partial charge in [-0.05, 0) is 60.4 Å². The van der Waals surface area contributed by atoms with Crippen LogP contribution in [0.5, 0.6) is 0 Å². The molecule has 0 atom stereocenters. The van der Waals surface area contributed by atoms with E-state index in [1.807, 2.05) is 0 Å². The van der Waals surface area contributed by atoms with Crippen LogP contribution >= 0.6 is 21.0 Å². The smallest absolute Gasteiger partial charge is 0.0546 e. The second kappa shape index (κ2) is 8.30. The first-order chi connectivity index (χ1) is 14.5. The molecule has 2 aromatic rings. The quantitative estimate of drug-likeness (QED) is 0.272. The summed E-state index contributed by atoms with van der Waals surface area (Å²) < 4.78 is 4.37. The third-order valence-corrected chi connectivity index (χ3v) is 11.4. The fraction of sp³-hybridized carbons (Fsp3) is 0.480. The van der Waals surface area contributed by atoms with Crippen LogP contribution in [0, 0.1) is 3.15 Å². The molecule has 0 aliphatic carbocycles. The van der Waals surface area contributed by atoms with Crippen LogP contribution in [0.25, 0.3) is 6.08 Å². The van der Waals surface area contributed by atoms with Crippen LogP contribution in [-0.2, 0) is 0 Å². The Morgan fingerprint density at radius 3 is 2.17 bits per heavy atom. The summed E-state index contributed by atoms with van der Waals surface area (Å²) in [6.07, 6.45) is 6.44. The average Bonchev–Trinajstić information content (AvgIpc) is 2.74. The van der Waals surface area contributed by atoms with Crippen LogP contribution in [0.15, 0.2) is 36.4 Å². The molecule has 5 heteroatoms. The van der Waals surface area contributed by atoms with Crippen LogP contribution in [0.2, 0.25) is 25.7 Å². The van der Waals surface area contributed by atoms with Crippen LogP contribution in [0.4, 0.5) is 17.1 Å². The number of nitrogens with zero attached hydrogens (tertiary/aromatic N) is 3. The summed E-state index contributed by atoms with van der Waals surface area (Å²) >= 11 is -0.207. The molecule has 5 rings (SSSR count). The summed E-state index contributed by atoms with van der Waals surface area (Å²) in [5.41, 5.74) is 5.73. The maximum Gasteiger partial charge on any atom is 0.0546 e. The summed E-state index contributed by atoms with van der Waals surface area (Å²) in [5, 5.41) is 1.44. The predicted octanol–water partition coefficient (Wildman–Crippen LogP) is 5.62. The van der Waals surface area contributed by atoms with E-state index in [0.717, 1.165) is 0 Å². The Labute approximate surface area is 192 Å². The molecule has 0 aromatic heterocycles. The van der Waals surface area contributed by atoms with Gasteiger partial charge in [-0.2, -0.15) is 0 Å². The summed E-state index contributed by atoms with van der Waals surface area (Å²) in [6, 6.07) is 15.8. The summed E-state index contributed by atoms with van der Waals surface area (Å²) in [5.74, 6) is 0. The van der Waals surface area contributed by atoms with Crippen molar-refractivity contribution < 1.29 is 0 Å². The Balaban J connectivity index is 1.54. The zero-order chi connectivity index (χ0) is 20.7. The molecule has 3 aliphatic rings. The molecular formula is C25H34IN3Si. The molecule has 0 N–H and O–H groups in total. The summed E-state index contributed by atoms with van der Waals surface area (Å²) in [7, 11) is -1.00. The maximum atomic E-state index is 2.78. The fourth-order valence-electron chi connectivity index (χ4n) is 4.35. The Bertz CT molecular complexity index is 1050. The van der Waals surface area contributed by atoms with E-state index >= 15 is 0 Å². The van der Waals surface area contributed by atoms with Crippen molar-refractivity contribution in [3.05, 3.63) is 50.3 Å². The molecule has 30 heavy (non-hydrogen) atoms. The highest BCUT2D eigenvalue weighted by atomic mass is 127. The highest BCUT2D eigenvalue weighted by Crippen LogP contribution is 2.36. The number of fused-ring (bicyclic) bond motifs is 2. The van der Waals surface area contributed by atoms with Crippen molar-refractivity contribution in [2.75, 3.05) is 45.6 Å². The number of hydrogen-bond donors (Lipinski definition) is 0. The van der Waals surface area contributed by atoms with E-state index in [-0.39, 0.29) is 21.0 Å². The van der Waals surface area contributed by atoms with Gasteiger partial charge in [-0.3, -0.25) is 0 Å². The van der Waals surface area contributed by atoms with Crippen LogP contribution < -0.4 is 18.1 Å². The minimum Gasteiger partial charge on any atom is -0.371 e. The van der Waals surface area contributed by atoms with E-state index in [1.165, 1.54) is 85.9 Å². The van der Waals surface area contributed by atoms with Gasteiger partial charge in [0.1, 0.15) is 0 Å². The van der Waals surface area contributed by atoms with Gasteiger partial charge in [0.2, 0.25) is 0 Å². The van der Waals surface area contributed by atoms with Gasteiger partial charge < -0.3 is 12.9 Å². The Morgan fingerprint density at radius 1 is 0.867 bits per heavy atom. The molecule has 0 saturated carbocycles. The van der Waals surface area contributed by atoms with Crippen molar-refractivity contribution in [3.8, 4) is 0 Å². The standard InChI is InChI=1S/C25H34IN3Si/c1-30(2,3)16-6-15-29-25-19-23(28-13-5-14-28)10-8-21(25)17-20-7-9-22(18-24(20)26-29)27-11-4-12-27/h7-10,17-19H,4-6,11-16H2,1-3H3. The number of hydrogen-bond acceptors (Lipinski definition) is 3. The van der Waals surface area contributed by atoms with Gasteiger partial charge in [-0.25, -0.2) is 0 Å². The molecule has 0 bridgehead atoms. The highest BCUT2D eigenvalue weighted by molar-refractivity contribution is 14.2. The molecule has 0 spiro atoms. The highest BCUT2D eigenvalue weighted by Gasteiger charge is 2.20. The minimum atomic E-state index is -1.00. The molecule has 2 aromatic carbocycles. The van der Waals surface area contributed by atoms with Gasteiger partial charge in [0.15, 0.2) is 0 Å². The SMILES string of the molecule is C[Si](C)(C)CCCN1I=c2cc(N3CCC3)ccc2=Cc2ccc(N3CCC3)cc21. The topological polar surface area (TPSA) is 9.72 Å². The lowest BCUT2D eigenvalue weighted by Crippen LogP contribution is -2.37. The van der Waals surface area contributed by atoms with E-state index in [4.69, 9.17) is 0 Å². The number of halogens is 1. The van der Waals surface area contributed by atoms with E-state index < -0.39 is 8.07 Å². The lowest BCUT2D eigenvalue weighted by molar-refractivity contribution is 0.617. The molecule has 0 amide bonds. The van der Waals surface area contributed by atoms with Crippen LogP contribution in [-0.4, -0.2) is 40.8 Å². The van der Waals surface area contributed by atoms with Crippen molar-refractivity contribution in [3.63, 3.8) is 0 Å². The molecule has 0 radical (unpaired) electrons. The van der Waals surface area contributed by atoms with Gasteiger partial charge in [0.25, 0.3) is 0 Å². The normalized spacial score (nSPS) is 18.0. The second-order valence-corrected chi connectivity index (χ2v) is 18.5. The molecule has 3 nitrogen and oxygen atoms in total. The van der Waals surface area contributed by atoms with Gasteiger partial charge in [0.05, 0.1) is 5.69 Å². The second-order valence-electron chi connectivity index (χ2n) is 10.1. The van der Waals surface area contributed by atoms with Crippen molar-refractivity contribution in [1.82, 2.24) is 0 Å². The van der Waals surface area contributed by atoms with Gasteiger partial charge in [-0.1, -0.05) is 37.8 Å². The predicted molar refractivity (Wildman–Crippen MR) is 143 cm³/mol. The third kappa shape index (κ3) is 4.33. The van der Waals surface area contributed by atoms with Crippen molar-refractivity contribution in [1.29, 1.82) is 0 Å². The molecule has 0 unspecified atom stereocenters. The van der Waals surface area contributed by atoms with Crippen LogP contribution in [0.3, 0.4) is 0 Å². The Hall–Kier alpha value is -1.34. The third-order valence-electron chi connectivity index (χ3n) is 6.49. The van der Waals surface area contributed by atoms with Crippen molar-refractivity contribution in [2.45, 2.75) is 44.9 Å². The van der Waals surface area contributed by atoms with Gasteiger partial charge in [0, 0.05) is 76.3 Å².